The molecule has 118 valence electrons. The lowest BCUT2D eigenvalue weighted by Crippen LogP contribution is -2.20. The number of aliphatic hydroxyl groups is 1. The van der Waals surface area contributed by atoms with Crippen molar-refractivity contribution in [3.63, 3.8) is 0 Å². The highest BCUT2D eigenvalue weighted by Gasteiger charge is 2.32. The Morgan fingerprint density at radius 2 is 2.19 bits per heavy atom. The monoisotopic (exact) mass is 295 g/mol. The molecule has 21 heavy (non-hydrogen) atoms. The summed E-state index contributed by atoms with van der Waals surface area (Å²) in [4.78, 5) is 4.54. The van der Waals surface area contributed by atoms with Crippen LogP contribution >= 0.6 is 0 Å². The fourth-order valence-corrected chi connectivity index (χ4v) is 3.45. The Morgan fingerprint density at radius 1 is 1.38 bits per heavy atom. The van der Waals surface area contributed by atoms with Crippen LogP contribution in [0.5, 0.6) is 0 Å². The molecule has 1 saturated heterocycles. The third-order valence-corrected chi connectivity index (χ3v) is 4.54. The van der Waals surface area contributed by atoms with Crippen LogP contribution in [0.3, 0.4) is 0 Å². The summed E-state index contributed by atoms with van der Waals surface area (Å²) in [7, 11) is 0. The Morgan fingerprint density at radius 3 is 2.86 bits per heavy atom. The number of aliphatic hydroxyl groups excluding tert-OH is 1. The van der Waals surface area contributed by atoms with E-state index < -0.39 is 0 Å². The molecule has 0 spiro atoms. The van der Waals surface area contributed by atoms with Crippen molar-refractivity contribution in [3.8, 4) is 0 Å². The second-order valence-electron chi connectivity index (χ2n) is 6.12. The molecule has 0 amide bonds. The SMILES string of the molecule is CCOC(c1noc(C2CC(O)CN2)n1)C1CCCCC1. The van der Waals surface area contributed by atoms with Crippen molar-refractivity contribution in [1.82, 2.24) is 15.5 Å². The summed E-state index contributed by atoms with van der Waals surface area (Å²) in [6.45, 7) is 3.25. The van der Waals surface area contributed by atoms with Crippen molar-refractivity contribution < 1.29 is 14.4 Å². The fraction of sp³-hybridized carbons (Fsp3) is 0.867. The van der Waals surface area contributed by atoms with Crippen LogP contribution in [0.2, 0.25) is 0 Å². The van der Waals surface area contributed by atoms with E-state index in [1.165, 1.54) is 32.1 Å². The van der Waals surface area contributed by atoms with Crippen molar-refractivity contribution in [2.45, 2.75) is 63.7 Å². The summed E-state index contributed by atoms with van der Waals surface area (Å²) >= 11 is 0. The molecule has 1 aliphatic heterocycles. The molecule has 2 N–H and O–H groups in total. The Bertz CT molecular complexity index is 445. The predicted molar refractivity (Wildman–Crippen MR) is 76.6 cm³/mol. The van der Waals surface area contributed by atoms with Gasteiger partial charge in [-0.3, -0.25) is 0 Å². The Labute approximate surface area is 125 Å². The van der Waals surface area contributed by atoms with Gasteiger partial charge in [0.05, 0.1) is 12.1 Å². The molecule has 0 radical (unpaired) electrons. The lowest BCUT2D eigenvalue weighted by molar-refractivity contribution is -0.00145. The van der Waals surface area contributed by atoms with Gasteiger partial charge in [0.25, 0.3) is 0 Å². The highest BCUT2D eigenvalue weighted by atomic mass is 16.5. The zero-order chi connectivity index (χ0) is 14.7. The van der Waals surface area contributed by atoms with Gasteiger partial charge in [0.15, 0.2) is 0 Å². The first-order valence-corrected chi connectivity index (χ1v) is 8.14. The number of hydrogen-bond donors (Lipinski definition) is 2. The quantitative estimate of drug-likeness (QED) is 0.866. The second-order valence-corrected chi connectivity index (χ2v) is 6.12. The van der Waals surface area contributed by atoms with Gasteiger partial charge in [-0.05, 0) is 32.1 Å². The molecule has 1 aromatic heterocycles. The van der Waals surface area contributed by atoms with E-state index in [2.05, 4.69) is 15.5 Å². The lowest BCUT2D eigenvalue weighted by atomic mass is 9.85. The Kier molecular flexibility index (Phi) is 4.87. The van der Waals surface area contributed by atoms with Crippen LogP contribution < -0.4 is 5.32 Å². The first-order chi connectivity index (χ1) is 10.3. The van der Waals surface area contributed by atoms with Gasteiger partial charge in [-0.2, -0.15) is 4.98 Å². The van der Waals surface area contributed by atoms with Gasteiger partial charge < -0.3 is 19.7 Å². The third-order valence-electron chi connectivity index (χ3n) is 4.54. The Balaban J connectivity index is 1.71. The molecule has 0 bridgehead atoms. The van der Waals surface area contributed by atoms with Gasteiger partial charge in [0.2, 0.25) is 11.7 Å². The van der Waals surface area contributed by atoms with Crippen LogP contribution in [0, 0.1) is 5.92 Å². The Hall–Kier alpha value is -0.980. The van der Waals surface area contributed by atoms with E-state index in [1.54, 1.807) is 0 Å². The highest BCUT2D eigenvalue weighted by molar-refractivity contribution is 5.01. The summed E-state index contributed by atoms with van der Waals surface area (Å²) in [6.07, 6.45) is 6.43. The number of hydrogen-bond acceptors (Lipinski definition) is 6. The van der Waals surface area contributed by atoms with Crippen LogP contribution in [0.25, 0.3) is 0 Å². The first kappa shape index (κ1) is 14.9. The van der Waals surface area contributed by atoms with Gasteiger partial charge in [0, 0.05) is 13.2 Å². The van der Waals surface area contributed by atoms with Crippen LogP contribution in [0.1, 0.15) is 69.3 Å². The van der Waals surface area contributed by atoms with Crippen LogP contribution in [-0.4, -0.2) is 34.5 Å². The molecular formula is C15H25N3O3. The first-order valence-electron chi connectivity index (χ1n) is 8.14. The van der Waals surface area contributed by atoms with Crippen LogP contribution in [0.4, 0.5) is 0 Å². The average Bonchev–Trinajstić information content (AvgIpc) is 3.14. The standard InChI is InChI=1S/C15H25N3O3/c1-2-20-13(10-6-4-3-5-7-10)14-17-15(21-18-14)12-8-11(19)9-16-12/h10-13,16,19H,2-9H2,1H3. The van der Waals surface area contributed by atoms with E-state index in [0.717, 1.165) is 0 Å². The summed E-state index contributed by atoms with van der Waals surface area (Å²) in [5.74, 6) is 1.73. The molecule has 2 heterocycles. The number of ether oxygens (including phenoxy) is 1. The summed E-state index contributed by atoms with van der Waals surface area (Å²) in [5.41, 5.74) is 0. The number of β-amino-alcohol motifs (C(OH)–C–C–N with tert-alkyl or cyclic N) is 1. The van der Waals surface area contributed by atoms with Gasteiger partial charge in [0.1, 0.15) is 6.10 Å². The molecular weight excluding hydrogens is 270 g/mol. The zero-order valence-electron chi connectivity index (χ0n) is 12.6. The zero-order valence-corrected chi connectivity index (χ0v) is 12.6. The molecule has 1 aromatic rings. The van der Waals surface area contributed by atoms with Crippen molar-refractivity contribution in [1.29, 1.82) is 0 Å². The number of aromatic nitrogens is 2. The van der Waals surface area contributed by atoms with E-state index in [-0.39, 0.29) is 18.2 Å². The summed E-state index contributed by atoms with van der Waals surface area (Å²) < 4.78 is 11.3. The molecule has 1 aliphatic carbocycles. The minimum Gasteiger partial charge on any atom is -0.392 e. The van der Waals surface area contributed by atoms with Gasteiger partial charge in [-0.25, -0.2) is 0 Å². The van der Waals surface area contributed by atoms with Gasteiger partial charge >= 0.3 is 0 Å². The van der Waals surface area contributed by atoms with Crippen molar-refractivity contribution >= 4 is 0 Å². The van der Waals surface area contributed by atoms with Gasteiger partial charge in [-0.15, -0.1) is 0 Å². The van der Waals surface area contributed by atoms with E-state index in [1.807, 2.05) is 6.92 Å². The highest BCUT2D eigenvalue weighted by Crippen LogP contribution is 2.36. The average molecular weight is 295 g/mol. The summed E-state index contributed by atoms with van der Waals surface area (Å²) in [5, 5.41) is 16.9. The number of nitrogens with one attached hydrogen (secondary N) is 1. The minimum atomic E-state index is -0.327. The van der Waals surface area contributed by atoms with Crippen molar-refractivity contribution in [2.75, 3.05) is 13.2 Å². The fourth-order valence-electron chi connectivity index (χ4n) is 3.45. The van der Waals surface area contributed by atoms with E-state index in [9.17, 15) is 5.11 Å². The van der Waals surface area contributed by atoms with E-state index in [4.69, 9.17) is 9.26 Å². The van der Waals surface area contributed by atoms with Crippen molar-refractivity contribution in [3.05, 3.63) is 11.7 Å². The maximum atomic E-state index is 9.59. The molecule has 2 fully saturated rings. The number of nitrogens with zero attached hydrogens (tertiary/aromatic N) is 2. The molecule has 3 atom stereocenters. The van der Waals surface area contributed by atoms with Gasteiger partial charge in [-0.1, -0.05) is 24.4 Å². The smallest absolute Gasteiger partial charge is 0.243 e. The molecule has 6 heteroatoms. The molecule has 3 rings (SSSR count). The third kappa shape index (κ3) is 3.44. The number of rotatable bonds is 5. The lowest BCUT2D eigenvalue weighted by Gasteiger charge is -2.27. The second kappa shape index (κ2) is 6.85. The van der Waals surface area contributed by atoms with Crippen LogP contribution in [-0.2, 0) is 4.74 Å². The normalized spacial score (nSPS) is 28.9. The molecule has 1 saturated carbocycles. The molecule has 2 aliphatic rings. The molecule has 0 aromatic carbocycles. The topological polar surface area (TPSA) is 80.4 Å². The van der Waals surface area contributed by atoms with E-state index >= 15 is 0 Å². The molecule has 3 unspecified atom stereocenters. The maximum Gasteiger partial charge on any atom is 0.243 e. The molecule has 6 nitrogen and oxygen atoms in total. The van der Waals surface area contributed by atoms with Crippen molar-refractivity contribution in [2.24, 2.45) is 5.92 Å². The van der Waals surface area contributed by atoms with Crippen LogP contribution in [0.15, 0.2) is 4.52 Å². The largest absolute Gasteiger partial charge is 0.392 e. The van der Waals surface area contributed by atoms with E-state index in [0.29, 0.717) is 37.2 Å². The summed E-state index contributed by atoms with van der Waals surface area (Å²) in [6, 6.07) is -0.0325. The maximum absolute atomic E-state index is 9.59. The minimum absolute atomic E-state index is 0.0325. The predicted octanol–water partition coefficient (Wildman–Crippen LogP) is 2.12.